The number of benzene rings is 2. The molecule has 0 aliphatic rings. The van der Waals surface area contributed by atoms with Gasteiger partial charge in [-0.3, -0.25) is 14.2 Å². The van der Waals surface area contributed by atoms with E-state index >= 15 is 0 Å². The zero-order valence-corrected chi connectivity index (χ0v) is 18.4. The van der Waals surface area contributed by atoms with Crippen molar-refractivity contribution in [2.75, 3.05) is 6.61 Å². The quantitative estimate of drug-likeness (QED) is 0.564. The molecule has 0 radical (unpaired) electrons. The standard InChI is InChI=1S/C24H26ClN3O3/c1-3-17-7-9-18(10-8-17)14-26-22(30)15-28-23(19-5-4-6-20(25)13-19)27-16(2)21(11-12-29)24(28)31/h4-10,13,29H,3,11-12,14-15H2,1-2H3,(H,26,30). The van der Waals surface area contributed by atoms with Crippen molar-refractivity contribution in [3.63, 3.8) is 0 Å². The van der Waals surface area contributed by atoms with Crippen molar-refractivity contribution >= 4 is 17.5 Å². The number of amides is 1. The summed E-state index contributed by atoms with van der Waals surface area (Å²) in [7, 11) is 0. The lowest BCUT2D eigenvalue weighted by Gasteiger charge is -2.16. The van der Waals surface area contributed by atoms with Gasteiger partial charge >= 0.3 is 0 Å². The molecule has 1 amide bonds. The summed E-state index contributed by atoms with van der Waals surface area (Å²) in [5.41, 5.74) is 3.45. The van der Waals surface area contributed by atoms with Crippen molar-refractivity contribution in [3.05, 3.63) is 86.3 Å². The molecule has 6 nitrogen and oxygen atoms in total. The predicted octanol–water partition coefficient (Wildman–Crippen LogP) is 3.29. The van der Waals surface area contributed by atoms with E-state index in [-0.39, 0.29) is 31.0 Å². The molecule has 0 atom stereocenters. The van der Waals surface area contributed by atoms with Crippen molar-refractivity contribution in [3.8, 4) is 11.4 Å². The van der Waals surface area contributed by atoms with Crippen LogP contribution in [0, 0.1) is 6.92 Å². The first-order chi connectivity index (χ1) is 14.9. The van der Waals surface area contributed by atoms with E-state index in [9.17, 15) is 14.7 Å². The van der Waals surface area contributed by atoms with Crippen LogP contribution in [0.5, 0.6) is 0 Å². The van der Waals surface area contributed by atoms with Crippen LogP contribution in [0.15, 0.2) is 53.3 Å². The second kappa shape index (κ2) is 10.4. The van der Waals surface area contributed by atoms with E-state index in [2.05, 4.69) is 17.2 Å². The monoisotopic (exact) mass is 439 g/mol. The van der Waals surface area contributed by atoms with Gasteiger partial charge in [0.1, 0.15) is 12.4 Å². The van der Waals surface area contributed by atoms with Crippen LogP contribution in [0.3, 0.4) is 0 Å². The van der Waals surface area contributed by atoms with E-state index in [1.54, 1.807) is 31.2 Å². The first-order valence-corrected chi connectivity index (χ1v) is 10.6. The summed E-state index contributed by atoms with van der Waals surface area (Å²) in [6.07, 6.45) is 1.14. The SMILES string of the molecule is CCc1ccc(CNC(=O)Cn2c(-c3cccc(Cl)c3)nc(C)c(CCO)c2=O)cc1. The van der Waals surface area contributed by atoms with Gasteiger partial charge in [0.05, 0.1) is 0 Å². The average molecular weight is 440 g/mol. The number of halogens is 1. The van der Waals surface area contributed by atoms with Gasteiger partial charge in [0.2, 0.25) is 5.91 Å². The number of aryl methyl sites for hydroxylation is 2. The third-order valence-corrected chi connectivity index (χ3v) is 5.37. The Morgan fingerprint density at radius 1 is 1.16 bits per heavy atom. The maximum Gasteiger partial charge on any atom is 0.257 e. The highest BCUT2D eigenvalue weighted by molar-refractivity contribution is 6.30. The summed E-state index contributed by atoms with van der Waals surface area (Å²) < 4.78 is 1.35. The molecule has 0 bridgehead atoms. The lowest BCUT2D eigenvalue weighted by atomic mass is 10.1. The van der Waals surface area contributed by atoms with E-state index in [0.717, 1.165) is 12.0 Å². The minimum absolute atomic E-state index is 0.172. The summed E-state index contributed by atoms with van der Waals surface area (Å²) in [5.74, 6) is 0.0692. The normalized spacial score (nSPS) is 10.8. The second-order valence-corrected chi connectivity index (χ2v) is 7.76. The Labute approximate surface area is 186 Å². The molecule has 1 heterocycles. The topological polar surface area (TPSA) is 84.2 Å². The van der Waals surface area contributed by atoms with E-state index in [0.29, 0.717) is 34.2 Å². The summed E-state index contributed by atoms with van der Waals surface area (Å²) >= 11 is 6.13. The number of rotatable bonds is 8. The fourth-order valence-electron chi connectivity index (χ4n) is 3.39. The van der Waals surface area contributed by atoms with Crippen LogP contribution in [-0.4, -0.2) is 27.2 Å². The van der Waals surface area contributed by atoms with E-state index in [4.69, 9.17) is 11.6 Å². The molecule has 2 N–H and O–H groups in total. The number of hydrogen-bond donors (Lipinski definition) is 2. The van der Waals surface area contributed by atoms with Crippen molar-refractivity contribution in [2.24, 2.45) is 0 Å². The molecule has 0 aliphatic heterocycles. The minimum Gasteiger partial charge on any atom is -0.396 e. The van der Waals surface area contributed by atoms with Gasteiger partial charge < -0.3 is 10.4 Å². The molecule has 31 heavy (non-hydrogen) atoms. The minimum atomic E-state index is -0.334. The summed E-state index contributed by atoms with van der Waals surface area (Å²) in [6, 6.07) is 15.0. The Hall–Kier alpha value is -2.96. The smallest absolute Gasteiger partial charge is 0.257 e. The molecule has 3 rings (SSSR count). The number of aliphatic hydroxyl groups is 1. The molecule has 3 aromatic rings. The fraction of sp³-hybridized carbons (Fsp3) is 0.292. The lowest BCUT2D eigenvalue weighted by Crippen LogP contribution is -2.35. The highest BCUT2D eigenvalue weighted by Crippen LogP contribution is 2.21. The number of carbonyl (C=O) groups excluding carboxylic acids is 1. The largest absolute Gasteiger partial charge is 0.396 e. The van der Waals surface area contributed by atoms with Crippen LogP contribution < -0.4 is 10.9 Å². The van der Waals surface area contributed by atoms with E-state index in [1.165, 1.54) is 10.1 Å². The molecule has 0 spiro atoms. The van der Waals surface area contributed by atoms with Gasteiger partial charge in [-0.15, -0.1) is 0 Å². The summed E-state index contributed by atoms with van der Waals surface area (Å²) in [5, 5.41) is 12.7. The number of aromatic nitrogens is 2. The molecule has 0 aliphatic carbocycles. The van der Waals surface area contributed by atoms with Gasteiger partial charge in [0, 0.05) is 41.4 Å². The van der Waals surface area contributed by atoms with Gasteiger partial charge in [-0.1, -0.05) is 54.9 Å². The van der Waals surface area contributed by atoms with Gasteiger partial charge in [-0.05, 0) is 36.6 Å². The van der Waals surface area contributed by atoms with E-state index in [1.807, 2.05) is 24.3 Å². The first-order valence-electron chi connectivity index (χ1n) is 10.2. The Kier molecular flexibility index (Phi) is 7.60. The summed E-state index contributed by atoms with van der Waals surface area (Å²) in [6.45, 7) is 3.83. The van der Waals surface area contributed by atoms with Crippen LogP contribution in [0.4, 0.5) is 0 Å². The van der Waals surface area contributed by atoms with Gasteiger partial charge in [0.15, 0.2) is 0 Å². The molecule has 162 valence electrons. The highest BCUT2D eigenvalue weighted by Gasteiger charge is 2.18. The maximum absolute atomic E-state index is 13.1. The van der Waals surface area contributed by atoms with Crippen molar-refractivity contribution < 1.29 is 9.90 Å². The van der Waals surface area contributed by atoms with E-state index < -0.39 is 0 Å². The molecular formula is C24H26ClN3O3. The van der Waals surface area contributed by atoms with Crippen LogP contribution >= 0.6 is 11.6 Å². The third-order valence-electron chi connectivity index (χ3n) is 5.14. The number of aliphatic hydroxyl groups excluding tert-OH is 1. The number of nitrogens with one attached hydrogen (secondary N) is 1. The Morgan fingerprint density at radius 2 is 1.87 bits per heavy atom. The Balaban J connectivity index is 1.89. The van der Waals surface area contributed by atoms with Crippen LogP contribution in [0.1, 0.15) is 29.3 Å². The number of carbonyl (C=O) groups is 1. The molecular weight excluding hydrogens is 414 g/mol. The lowest BCUT2D eigenvalue weighted by molar-refractivity contribution is -0.121. The maximum atomic E-state index is 13.1. The Bertz CT molecular complexity index is 1120. The molecule has 2 aromatic carbocycles. The van der Waals surface area contributed by atoms with Crippen LogP contribution in [-0.2, 0) is 30.7 Å². The van der Waals surface area contributed by atoms with Crippen LogP contribution in [0.2, 0.25) is 5.02 Å². The van der Waals surface area contributed by atoms with Gasteiger partial charge in [-0.25, -0.2) is 4.98 Å². The van der Waals surface area contributed by atoms with Crippen molar-refractivity contribution in [1.29, 1.82) is 0 Å². The molecule has 0 unspecified atom stereocenters. The van der Waals surface area contributed by atoms with Crippen LogP contribution in [0.25, 0.3) is 11.4 Å². The number of hydrogen-bond acceptors (Lipinski definition) is 4. The van der Waals surface area contributed by atoms with Crippen molar-refractivity contribution in [1.82, 2.24) is 14.9 Å². The molecule has 0 saturated heterocycles. The fourth-order valence-corrected chi connectivity index (χ4v) is 3.58. The third kappa shape index (κ3) is 5.60. The Morgan fingerprint density at radius 3 is 2.52 bits per heavy atom. The van der Waals surface area contributed by atoms with Crippen molar-refractivity contribution in [2.45, 2.75) is 39.8 Å². The molecule has 7 heteroatoms. The molecule has 0 saturated carbocycles. The van der Waals surface area contributed by atoms with Gasteiger partial charge in [-0.2, -0.15) is 0 Å². The highest BCUT2D eigenvalue weighted by atomic mass is 35.5. The molecule has 0 fully saturated rings. The zero-order valence-electron chi connectivity index (χ0n) is 17.7. The number of nitrogens with zero attached hydrogens (tertiary/aromatic N) is 2. The average Bonchev–Trinajstić information content (AvgIpc) is 2.77. The second-order valence-electron chi connectivity index (χ2n) is 7.32. The predicted molar refractivity (Wildman–Crippen MR) is 122 cm³/mol. The molecule has 1 aromatic heterocycles. The zero-order chi connectivity index (χ0) is 22.4. The first kappa shape index (κ1) is 22.7. The van der Waals surface area contributed by atoms with Gasteiger partial charge in [0.25, 0.3) is 5.56 Å². The summed E-state index contributed by atoms with van der Waals surface area (Å²) in [4.78, 5) is 30.4.